The van der Waals surface area contributed by atoms with Gasteiger partial charge in [0.15, 0.2) is 0 Å². The predicted molar refractivity (Wildman–Crippen MR) is 149 cm³/mol. The summed E-state index contributed by atoms with van der Waals surface area (Å²) in [7, 11) is 1.21. The van der Waals surface area contributed by atoms with Gasteiger partial charge >= 0.3 is 23.9 Å². The van der Waals surface area contributed by atoms with E-state index < -0.39 is 35.9 Å². The van der Waals surface area contributed by atoms with Crippen LogP contribution in [-0.2, 0) is 19.1 Å². The molecule has 0 aliphatic carbocycles. The van der Waals surface area contributed by atoms with Gasteiger partial charge in [-0.05, 0) is 37.6 Å². The Labute approximate surface area is 230 Å². The number of rotatable bonds is 10. The van der Waals surface area contributed by atoms with Crippen LogP contribution < -0.4 is 10.2 Å². The Bertz CT molecular complexity index is 1440. The minimum absolute atomic E-state index is 0.113. The fraction of sp³-hybridized carbons (Fsp3) is 0.276. The molecule has 0 radical (unpaired) electrons. The lowest BCUT2D eigenvalue weighted by atomic mass is 10.0. The number of ether oxygens (including phenoxy) is 1. The first kappa shape index (κ1) is 29.6. The summed E-state index contributed by atoms with van der Waals surface area (Å²) in [5.74, 6) is -4.93. The molecule has 3 aromatic rings. The third-order valence-electron chi connectivity index (χ3n) is 6.29. The number of carbonyl (C=O) groups excluding carboxylic acids is 3. The average Bonchev–Trinajstić information content (AvgIpc) is 2.95. The van der Waals surface area contributed by atoms with Crippen molar-refractivity contribution in [3.8, 4) is 0 Å². The number of carbonyl (C=O) groups is 5. The monoisotopic (exact) mass is 549 g/mol. The van der Waals surface area contributed by atoms with E-state index in [0.29, 0.717) is 22.9 Å². The summed E-state index contributed by atoms with van der Waals surface area (Å²) in [5, 5.41) is 23.3. The van der Waals surface area contributed by atoms with Crippen LogP contribution in [0.25, 0.3) is 10.8 Å². The van der Waals surface area contributed by atoms with Crippen LogP contribution in [0, 0.1) is 0 Å². The molecule has 3 amide bonds. The van der Waals surface area contributed by atoms with Crippen molar-refractivity contribution < 1.29 is 38.9 Å². The van der Waals surface area contributed by atoms with Crippen molar-refractivity contribution >= 4 is 57.7 Å². The van der Waals surface area contributed by atoms with Gasteiger partial charge in [0.1, 0.15) is 6.04 Å². The molecule has 0 saturated carbocycles. The molecule has 0 aliphatic heterocycles. The highest BCUT2D eigenvalue weighted by molar-refractivity contribution is 6.40. The van der Waals surface area contributed by atoms with E-state index in [-0.39, 0.29) is 23.5 Å². The summed E-state index contributed by atoms with van der Waals surface area (Å²) in [5.41, 5.74) is 0.246. The number of methoxy groups -OCH3 is 1. The minimum atomic E-state index is -1.77. The quantitative estimate of drug-likeness (QED) is 0.237. The Balaban J connectivity index is 2.07. The van der Waals surface area contributed by atoms with Crippen molar-refractivity contribution in [2.45, 2.75) is 39.2 Å². The van der Waals surface area contributed by atoms with Crippen molar-refractivity contribution in [3.63, 3.8) is 0 Å². The molecule has 0 bridgehead atoms. The highest BCUT2D eigenvalue weighted by Crippen LogP contribution is 2.37. The number of nitrogens with one attached hydrogen (secondary N) is 1. The molecule has 0 aliphatic rings. The molecule has 1 atom stereocenters. The number of benzene rings is 3. The van der Waals surface area contributed by atoms with Crippen LogP contribution in [0.1, 0.15) is 43.5 Å². The number of hydrogen-bond acceptors (Lipinski definition) is 7. The molecule has 210 valence electrons. The molecule has 0 fully saturated rings. The van der Waals surface area contributed by atoms with Gasteiger partial charge in [-0.2, -0.15) is 0 Å². The second kappa shape index (κ2) is 13.2. The molecule has 3 rings (SSSR count). The standard InChI is InChI=1S/C29H31N3O8/c1-4-5-10-17-31(29(39)40-3)25(33)18(2)30-22-15-16-24(20-12-7-6-11-19(20)22)32(26(34)28(37)38)23-14-9-8-13-21(23)27(35)36/h6-9,11-16,18,30H,4-5,10,17H2,1-3H3,(H,35,36)(H,37,38)/t18-/m0/s1. The summed E-state index contributed by atoms with van der Waals surface area (Å²) < 4.78 is 4.80. The lowest BCUT2D eigenvalue weighted by Crippen LogP contribution is -2.45. The molecule has 11 heteroatoms. The van der Waals surface area contributed by atoms with E-state index in [1.807, 2.05) is 6.92 Å². The van der Waals surface area contributed by atoms with Crippen LogP contribution in [0.15, 0.2) is 60.7 Å². The summed E-state index contributed by atoms with van der Waals surface area (Å²) in [6, 6.07) is 14.6. The Kier molecular flexibility index (Phi) is 9.80. The van der Waals surface area contributed by atoms with Gasteiger partial charge in [0.25, 0.3) is 5.91 Å². The number of para-hydroxylation sites is 1. The predicted octanol–water partition coefficient (Wildman–Crippen LogP) is 4.87. The van der Waals surface area contributed by atoms with Crippen LogP contribution in [-0.4, -0.2) is 64.7 Å². The molecular formula is C29H31N3O8. The molecule has 0 spiro atoms. The van der Waals surface area contributed by atoms with Gasteiger partial charge in [-0.1, -0.05) is 56.2 Å². The third-order valence-corrected chi connectivity index (χ3v) is 6.29. The first-order chi connectivity index (χ1) is 19.1. The Morgan fingerprint density at radius 1 is 0.875 bits per heavy atom. The van der Waals surface area contributed by atoms with Crippen LogP contribution in [0.3, 0.4) is 0 Å². The van der Waals surface area contributed by atoms with E-state index in [9.17, 15) is 34.2 Å². The number of unbranched alkanes of at least 4 members (excludes halogenated alkanes) is 2. The highest BCUT2D eigenvalue weighted by atomic mass is 16.5. The van der Waals surface area contributed by atoms with Crippen molar-refractivity contribution in [2.24, 2.45) is 0 Å². The second-order valence-electron chi connectivity index (χ2n) is 8.98. The van der Waals surface area contributed by atoms with Crippen molar-refractivity contribution in [1.29, 1.82) is 0 Å². The SMILES string of the molecule is CCCCCN(C(=O)OC)C(=O)[C@H](C)Nc1ccc(N(C(=O)C(=O)O)c2ccccc2C(=O)O)c2ccccc12. The normalized spacial score (nSPS) is 11.4. The van der Waals surface area contributed by atoms with Gasteiger partial charge in [0.2, 0.25) is 0 Å². The van der Waals surface area contributed by atoms with E-state index in [2.05, 4.69) is 5.32 Å². The van der Waals surface area contributed by atoms with Gasteiger partial charge in [0, 0.05) is 23.0 Å². The third kappa shape index (κ3) is 6.37. The van der Waals surface area contributed by atoms with E-state index >= 15 is 0 Å². The van der Waals surface area contributed by atoms with E-state index in [0.717, 1.165) is 22.6 Å². The van der Waals surface area contributed by atoms with E-state index in [4.69, 9.17) is 4.74 Å². The fourth-order valence-corrected chi connectivity index (χ4v) is 4.35. The number of anilines is 3. The second-order valence-corrected chi connectivity index (χ2v) is 8.98. The molecule has 0 unspecified atom stereocenters. The Morgan fingerprint density at radius 2 is 1.52 bits per heavy atom. The lowest BCUT2D eigenvalue weighted by molar-refractivity contribution is -0.148. The number of fused-ring (bicyclic) bond motifs is 1. The Morgan fingerprint density at radius 3 is 2.15 bits per heavy atom. The van der Waals surface area contributed by atoms with E-state index in [1.165, 1.54) is 37.4 Å². The number of carboxylic acid groups (broad SMARTS) is 2. The molecule has 3 N–H and O–H groups in total. The molecule has 0 heterocycles. The highest BCUT2D eigenvalue weighted by Gasteiger charge is 2.30. The summed E-state index contributed by atoms with van der Waals surface area (Å²) in [6.07, 6.45) is 1.63. The zero-order valence-electron chi connectivity index (χ0n) is 22.4. The molecule has 40 heavy (non-hydrogen) atoms. The molecular weight excluding hydrogens is 518 g/mol. The zero-order chi connectivity index (χ0) is 29.4. The first-order valence-corrected chi connectivity index (χ1v) is 12.7. The topological polar surface area (TPSA) is 154 Å². The van der Waals surface area contributed by atoms with Crippen LogP contribution in [0.5, 0.6) is 0 Å². The van der Waals surface area contributed by atoms with Gasteiger partial charge in [-0.25, -0.2) is 19.3 Å². The Hall–Kier alpha value is -4.93. The van der Waals surface area contributed by atoms with Crippen LogP contribution in [0.2, 0.25) is 0 Å². The fourth-order valence-electron chi connectivity index (χ4n) is 4.35. The van der Waals surface area contributed by atoms with Gasteiger partial charge in [0.05, 0.1) is 24.0 Å². The number of aliphatic carboxylic acids is 1. The number of hydrogen-bond donors (Lipinski definition) is 3. The zero-order valence-corrected chi connectivity index (χ0v) is 22.4. The molecule has 0 saturated heterocycles. The number of amides is 3. The van der Waals surface area contributed by atoms with Crippen molar-refractivity contribution in [2.75, 3.05) is 23.9 Å². The van der Waals surface area contributed by atoms with Crippen molar-refractivity contribution in [3.05, 3.63) is 66.2 Å². The van der Waals surface area contributed by atoms with E-state index in [1.54, 1.807) is 37.3 Å². The summed E-state index contributed by atoms with van der Waals surface area (Å²) >= 11 is 0. The molecule has 3 aromatic carbocycles. The maximum Gasteiger partial charge on any atom is 0.416 e. The number of aromatic carboxylic acids is 1. The van der Waals surface area contributed by atoms with Crippen molar-refractivity contribution in [1.82, 2.24) is 4.90 Å². The summed E-state index contributed by atoms with van der Waals surface area (Å²) in [6.45, 7) is 3.82. The van der Waals surface area contributed by atoms with Gasteiger partial charge < -0.3 is 20.3 Å². The number of nitrogens with zero attached hydrogens (tertiary/aromatic N) is 2. The van der Waals surface area contributed by atoms with Crippen LogP contribution in [0.4, 0.5) is 21.9 Å². The van der Waals surface area contributed by atoms with Crippen LogP contribution >= 0.6 is 0 Å². The lowest BCUT2D eigenvalue weighted by Gasteiger charge is -2.26. The maximum absolute atomic E-state index is 13.2. The minimum Gasteiger partial charge on any atom is -0.478 e. The number of imide groups is 1. The van der Waals surface area contributed by atoms with Gasteiger partial charge in [-0.3, -0.25) is 14.5 Å². The number of carboxylic acids is 2. The average molecular weight is 550 g/mol. The maximum atomic E-state index is 13.2. The summed E-state index contributed by atoms with van der Waals surface area (Å²) in [4.78, 5) is 64.0. The smallest absolute Gasteiger partial charge is 0.416 e. The molecule has 0 aromatic heterocycles. The first-order valence-electron chi connectivity index (χ1n) is 12.7. The van der Waals surface area contributed by atoms with Gasteiger partial charge in [-0.15, -0.1) is 0 Å². The largest absolute Gasteiger partial charge is 0.478 e. The molecule has 11 nitrogen and oxygen atoms in total.